The van der Waals surface area contributed by atoms with Gasteiger partial charge in [-0.05, 0) is 93.9 Å². The predicted octanol–water partition coefficient (Wildman–Crippen LogP) is 7.45. The first kappa shape index (κ1) is 31.1. The van der Waals surface area contributed by atoms with Gasteiger partial charge in [0.25, 0.3) is 0 Å². The summed E-state index contributed by atoms with van der Waals surface area (Å²) in [4.78, 5) is 13.9. The lowest BCUT2D eigenvalue weighted by Crippen LogP contribution is -2.17. The largest absolute Gasteiger partial charge is 0.493 e. The van der Waals surface area contributed by atoms with Crippen LogP contribution in [0.4, 0.5) is 0 Å². The van der Waals surface area contributed by atoms with Gasteiger partial charge in [-0.15, -0.1) is 0 Å². The van der Waals surface area contributed by atoms with Gasteiger partial charge in [0.1, 0.15) is 17.1 Å². The zero-order chi connectivity index (χ0) is 28.6. The smallest absolute Gasteiger partial charge is 0.176 e. The van der Waals surface area contributed by atoms with Crippen LogP contribution in [0, 0.1) is 0 Å². The summed E-state index contributed by atoms with van der Waals surface area (Å²) in [7, 11) is 1.60. The topological polar surface area (TPSA) is 72.5 Å². The lowest BCUT2D eigenvalue weighted by atomic mass is 9.99. The third kappa shape index (κ3) is 9.03. The SMILES string of the molecule is COc1cc(OC(C)C)cc(CCC(=O)c2c(OC(C)C)ccc(OC(C)C)c2OC(C)C)c1OC(C)C. The van der Waals surface area contributed by atoms with Crippen molar-refractivity contribution in [2.24, 2.45) is 0 Å². The first-order valence-electron chi connectivity index (χ1n) is 13.6. The maximum absolute atomic E-state index is 13.9. The Kier molecular flexibility index (Phi) is 11.6. The van der Waals surface area contributed by atoms with Crippen molar-refractivity contribution >= 4 is 5.78 Å². The van der Waals surface area contributed by atoms with Crippen LogP contribution in [-0.2, 0) is 6.42 Å². The lowest BCUT2D eigenvalue weighted by molar-refractivity contribution is 0.0967. The van der Waals surface area contributed by atoms with Gasteiger partial charge in [0.15, 0.2) is 28.8 Å². The lowest BCUT2D eigenvalue weighted by Gasteiger charge is -2.23. The van der Waals surface area contributed by atoms with E-state index < -0.39 is 0 Å². The van der Waals surface area contributed by atoms with Crippen LogP contribution in [0.3, 0.4) is 0 Å². The number of ether oxygens (including phenoxy) is 6. The first-order valence-corrected chi connectivity index (χ1v) is 13.6. The van der Waals surface area contributed by atoms with Crippen LogP contribution in [0.25, 0.3) is 0 Å². The number of Topliss-reactive ketones (excluding diaryl/α,β-unsaturated/α-hetero) is 1. The average molecular weight is 531 g/mol. The summed E-state index contributed by atoms with van der Waals surface area (Å²) in [6.07, 6.45) is 0.145. The van der Waals surface area contributed by atoms with E-state index in [0.29, 0.717) is 46.5 Å². The Bertz CT molecular complexity index is 1050. The molecule has 7 heteroatoms. The van der Waals surface area contributed by atoms with Gasteiger partial charge in [-0.3, -0.25) is 4.79 Å². The van der Waals surface area contributed by atoms with Gasteiger partial charge in [-0.25, -0.2) is 0 Å². The van der Waals surface area contributed by atoms with E-state index in [1.54, 1.807) is 19.2 Å². The molecule has 0 fully saturated rings. The highest BCUT2D eigenvalue weighted by Crippen LogP contribution is 2.42. The molecule has 7 nitrogen and oxygen atoms in total. The minimum absolute atomic E-state index is 0.0127. The quantitative estimate of drug-likeness (QED) is 0.221. The Hall–Kier alpha value is -3.09. The van der Waals surface area contributed by atoms with Gasteiger partial charge in [-0.1, -0.05) is 0 Å². The number of carbonyl (C=O) groups excluding carboxylic acids is 1. The van der Waals surface area contributed by atoms with E-state index in [-0.39, 0.29) is 42.7 Å². The molecule has 0 atom stereocenters. The Morgan fingerprint density at radius 2 is 1.13 bits per heavy atom. The van der Waals surface area contributed by atoms with Crippen LogP contribution >= 0.6 is 0 Å². The van der Waals surface area contributed by atoms with Crippen LogP contribution in [-0.4, -0.2) is 43.4 Å². The number of benzene rings is 2. The number of hydrogen-bond acceptors (Lipinski definition) is 7. The molecule has 0 aliphatic carbocycles. The molecule has 0 aliphatic heterocycles. The summed E-state index contributed by atoms with van der Waals surface area (Å²) >= 11 is 0. The number of rotatable bonds is 15. The monoisotopic (exact) mass is 530 g/mol. The van der Waals surface area contributed by atoms with Gasteiger partial charge in [-0.2, -0.15) is 0 Å². The molecule has 0 saturated carbocycles. The van der Waals surface area contributed by atoms with Crippen molar-refractivity contribution in [2.45, 2.75) is 113 Å². The van der Waals surface area contributed by atoms with E-state index in [1.165, 1.54) is 0 Å². The third-order valence-electron chi connectivity index (χ3n) is 5.11. The molecule has 0 heterocycles. The van der Waals surface area contributed by atoms with Crippen molar-refractivity contribution in [3.63, 3.8) is 0 Å². The van der Waals surface area contributed by atoms with Gasteiger partial charge < -0.3 is 28.4 Å². The number of carbonyl (C=O) groups is 1. The second-order valence-corrected chi connectivity index (χ2v) is 10.6. The summed E-state index contributed by atoms with van der Waals surface area (Å²) in [6.45, 7) is 19.4. The fourth-order valence-corrected chi connectivity index (χ4v) is 3.91. The Morgan fingerprint density at radius 3 is 1.66 bits per heavy atom. The molecule has 0 amide bonds. The van der Waals surface area contributed by atoms with E-state index in [9.17, 15) is 4.79 Å². The van der Waals surface area contributed by atoms with Crippen LogP contribution in [0.1, 0.15) is 91.6 Å². The summed E-state index contributed by atoms with van der Waals surface area (Å²) in [5.74, 6) is 3.13. The Morgan fingerprint density at radius 1 is 0.632 bits per heavy atom. The molecule has 0 radical (unpaired) electrons. The van der Waals surface area contributed by atoms with Crippen molar-refractivity contribution in [3.05, 3.63) is 35.4 Å². The minimum Gasteiger partial charge on any atom is -0.493 e. The van der Waals surface area contributed by atoms with Crippen molar-refractivity contribution in [1.82, 2.24) is 0 Å². The maximum Gasteiger partial charge on any atom is 0.176 e. The molecule has 212 valence electrons. The fourth-order valence-electron chi connectivity index (χ4n) is 3.91. The average Bonchev–Trinajstić information content (AvgIpc) is 2.78. The molecule has 0 aromatic heterocycles. The van der Waals surface area contributed by atoms with Gasteiger partial charge in [0.2, 0.25) is 0 Å². The maximum atomic E-state index is 13.9. The van der Waals surface area contributed by atoms with Crippen molar-refractivity contribution in [3.8, 4) is 34.5 Å². The summed E-state index contributed by atoms with van der Waals surface area (Å²) in [6, 6.07) is 7.33. The van der Waals surface area contributed by atoms with Crippen molar-refractivity contribution in [1.29, 1.82) is 0 Å². The fraction of sp³-hybridized carbons (Fsp3) is 0.581. The van der Waals surface area contributed by atoms with E-state index in [1.807, 2.05) is 81.4 Å². The molecule has 0 spiro atoms. The molecule has 38 heavy (non-hydrogen) atoms. The molecule has 0 unspecified atom stereocenters. The molecule has 2 rings (SSSR count). The first-order chi connectivity index (χ1) is 17.8. The van der Waals surface area contributed by atoms with Gasteiger partial charge >= 0.3 is 0 Å². The predicted molar refractivity (Wildman–Crippen MR) is 151 cm³/mol. The van der Waals surface area contributed by atoms with Gasteiger partial charge in [0, 0.05) is 18.1 Å². The highest BCUT2D eigenvalue weighted by atomic mass is 16.5. The van der Waals surface area contributed by atoms with E-state index in [0.717, 1.165) is 5.56 Å². The summed E-state index contributed by atoms with van der Waals surface area (Å²) in [5, 5.41) is 0. The number of hydrogen-bond donors (Lipinski definition) is 0. The second kappa shape index (κ2) is 14.2. The molecular weight excluding hydrogens is 484 g/mol. The van der Waals surface area contributed by atoms with Crippen molar-refractivity contribution in [2.75, 3.05) is 7.11 Å². The van der Waals surface area contributed by atoms with E-state index >= 15 is 0 Å². The molecule has 2 aromatic rings. The van der Waals surface area contributed by atoms with E-state index in [4.69, 9.17) is 28.4 Å². The minimum atomic E-state index is -0.162. The van der Waals surface area contributed by atoms with E-state index in [2.05, 4.69) is 0 Å². The van der Waals surface area contributed by atoms with Crippen LogP contribution < -0.4 is 28.4 Å². The normalized spacial score (nSPS) is 11.5. The summed E-state index contributed by atoms with van der Waals surface area (Å²) < 4.78 is 35.9. The molecule has 0 saturated heterocycles. The van der Waals surface area contributed by atoms with Crippen LogP contribution in [0.5, 0.6) is 34.5 Å². The third-order valence-corrected chi connectivity index (χ3v) is 5.11. The highest BCUT2D eigenvalue weighted by molar-refractivity contribution is 6.02. The molecule has 0 aliphatic rings. The molecule has 0 bridgehead atoms. The van der Waals surface area contributed by atoms with Crippen LogP contribution in [0.2, 0.25) is 0 Å². The Balaban J connectivity index is 2.56. The molecule has 2 aromatic carbocycles. The number of ketones is 1. The zero-order valence-electron chi connectivity index (χ0n) is 25.0. The summed E-state index contributed by atoms with van der Waals surface area (Å²) in [5.41, 5.74) is 1.22. The Labute approximate surface area is 228 Å². The van der Waals surface area contributed by atoms with Crippen molar-refractivity contribution < 1.29 is 33.2 Å². The zero-order valence-corrected chi connectivity index (χ0v) is 25.0. The van der Waals surface area contributed by atoms with Crippen LogP contribution in [0.15, 0.2) is 24.3 Å². The highest BCUT2D eigenvalue weighted by Gasteiger charge is 2.26. The van der Waals surface area contributed by atoms with Gasteiger partial charge in [0.05, 0.1) is 37.6 Å². The number of aryl methyl sites for hydroxylation is 1. The second-order valence-electron chi connectivity index (χ2n) is 10.6. The molecular formula is C31H46O7. The standard InChI is InChI=1S/C31H46O7/c1-18(2)34-24-16-23(30(37-21(7)8)28(17-24)33-11)12-13-25(32)29-26(35-19(3)4)14-15-27(36-20(5)6)31(29)38-22(9)10/h14-22H,12-13H2,1-11H3. The molecule has 0 N–H and O–H groups in total. The number of methoxy groups -OCH3 is 1.